The first-order valence-electron chi connectivity index (χ1n) is 8.96. The molecule has 0 spiro atoms. The monoisotopic (exact) mass is 364 g/mol. The Kier molecular flexibility index (Phi) is 7.24. The van der Waals surface area contributed by atoms with Gasteiger partial charge >= 0.3 is 5.97 Å². The first kappa shape index (κ1) is 20.0. The molecule has 1 aliphatic rings. The quantitative estimate of drug-likeness (QED) is 0.362. The molecule has 0 aliphatic carbocycles. The van der Waals surface area contributed by atoms with E-state index in [0.29, 0.717) is 6.54 Å². The molecule has 0 amide bonds. The molecule has 0 saturated carbocycles. The molecule has 2 rings (SSSR count). The fraction of sp³-hybridized carbons (Fsp3) is 0.579. The molecule has 1 heterocycles. The first-order chi connectivity index (χ1) is 12.5. The molecule has 1 aliphatic heterocycles. The third-order valence-corrected chi connectivity index (χ3v) is 4.83. The standard InChI is InChI=1S/C19H29FN4O2/c1-14-12-24(13-17(14)18(25)26-4)19(21-2)22-9-6-10-23(3)16-8-5-7-15(20)11-16/h5,7-8,11,14,17H,6,9-10,12-13H2,1-4H3,(H,21,22). The van der Waals surface area contributed by atoms with Crippen LogP contribution in [0.3, 0.4) is 0 Å². The Hall–Kier alpha value is -2.31. The predicted octanol–water partition coefficient (Wildman–Crippen LogP) is 1.97. The number of anilines is 1. The number of methoxy groups -OCH3 is 1. The second-order valence-electron chi connectivity index (χ2n) is 6.74. The van der Waals surface area contributed by atoms with Crippen molar-refractivity contribution in [3.63, 3.8) is 0 Å². The average Bonchev–Trinajstić information content (AvgIpc) is 3.02. The molecule has 6 nitrogen and oxygen atoms in total. The minimum Gasteiger partial charge on any atom is -0.469 e. The van der Waals surface area contributed by atoms with E-state index in [-0.39, 0.29) is 23.6 Å². The topological polar surface area (TPSA) is 57.2 Å². The lowest BCUT2D eigenvalue weighted by molar-refractivity contribution is -0.145. The van der Waals surface area contributed by atoms with E-state index >= 15 is 0 Å². The lowest BCUT2D eigenvalue weighted by atomic mass is 9.99. The summed E-state index contributed by atoms with van der Waals surface area (Å²) in [5, 5.41) is 3.35. The van der Waals surface area contributed by atoms with Crippen LogP contribution in [0, 0.1) is 17.7 Å². The van der Waals surface area contributed by atoms with Gasteiger partial charge in [-0.05, 0) is 30.5 Å². The molecule has 26 heavy (non-hydrogen) atoms. The molecule has 2 atom stereocenters. The molecule has 2 unspecified atom stereocenters. The molecule has 1 saturated heterocycles. The number of likely N-dealkylation sites (tertiary alicyclic amines) is 1. The summed E-state index contributed by atoms with van der Waals surface area (Å²) in [4.78, 5) is 20.3. The van der Waals surface area contributed by atoms with E-state index in [9.17, 15) is 9.18 Å². The Balaban J connectivity index is 1.78. The van der Waals surface area contributed by atoms with E-state index in [1.165, 1.54) is 19.2 Å². The van der Waals surface area contributed by atoms with Gasteiger partial charge in [-0.1, -0.05) is 13.0 Å². The highest BCUT2D eigenvalue weighted by molar-refractivity contribution is 5.82. The fourth-order valence-electron chi connectivity index (χ4n) is 3.29. The summed E-state index contributed by atoms with van der Waals surface area (Å²) in [7, 11) is 5.13. The summed E-state index contributed by atoms with van der Waals surface area (Å²) in [5.74, 6) is 0.540. The zero-order valence-corrected chi connectivity index (χ0v) is 16.0. The first-order valence-corrected chi connectivity index (χ1v) is 8.96. The summed E-state index contributed by atoms with van der Waals surface area (Å²) in [6, 6.07) is 6.59. The second-order valence-corrected chi connectivity index (χ2v) is 6.74. The molecular formula is C19H29FN4O2. The van der Waals surface area contributed by atoms with Gasteiger partial charge in [0.15, 0.2) is 5.96 Å². The van der Waals surface area contributed by atoms with E-state index in [1.54, 1.807) is 13.1 Å². The van der Waals surface area contributed by atoms with Crippen LogP contribution in [0.25, 0.3) is 0 Å². The van der Waals surface area contributed by atoms with Gasteiger partial charge < -0.3 is 19.9 Å². The van der Waals surface area contributed by atoms with Crippen LogP contribution >= 0.6 is 0 Å². The van der Waals surface area contributed by atoms with Crippen LogP contribution in [0.4, 0.5) is 10.1 Å². The smallest absolute Gasteiger partial charge is 0.310 e. The maximum atomic E-state index is 13.3. The highest BCUT2D eigenvalue weighted by Crippen LogP contribution is 2.24. The maximum absolute atomic E-state index is 13.3. The summed E-state index contributed by atoms with van der Waals surface area (Å²) < 4.78 is 18.2. The summed E-state index contributed by atoms with van der Waals surface area (Å²) in [6.45, 7) is 5.01. The molecule has 1 aromatic carbocycles. The maximum Gasteiger partial charge on any atom is 0.310 e. The van der Waals surface area contributed by atoms with Crippen LogP contribution in [-0.2, 0) is 9.53 Å². The lowest BCUT2D eigenvalue weighted by Crippen LogP contribution is -2.41. The van der Waals surface area contributed by atoms with Crippen molar-refractivity contribution in [3.05, 3.63) is 30.1 Å². The number of guanidine groups is 1. The Morgan fingerprint density at radius 3 is 2.88 bits per heavy atom. The largest absolute Gasteiger partial charge is 0.469 e. The number of carbonyl (C=O) groups excluding carboxylic acids is 1. The summed E-state index contributed by atoms with van der Waals surface area (Å²) >= 11 is 0. The number of hydrogen-bond acceptors (Lipinski definition) is 4. The van der Waals surface area contributed by atoms with Crippen molar-refractivity contribution in [1.82, 2.24) is 10.2 Å². The molecule has 144 valence electrons. The van der Waals surface area contributed by atoms with Gasteiger partial charge in [-0.3, -0.25) is 9.79 Å². The fourth-order valence-corrected chi connectivity index (χ4v) is 3.29. The van der Waals surface area contributed by atoms with Gasteiger partial charge in [0.05, 0.1) is 13.0 Å². The molecule has 1 fully saturated rings. The number of halogens is 1. The minimum absolute atomic E-state index is 0.113. The summed E-state index contributed by atoms with van der Waals surface area (Å²) in [6.07, 6.45) is 0.885. The third kappa shape index (κ3) is 5.09. The number of rotatable bonds is 6. The van der Waals surface area contributed by atoms with Gasteiger partial charge in [0.2, 0.25) is 0 Å². The summed E-state index contributed by atoms with van der Waals surface area (Å²) in [5.41, 5.74) is 0.865. The number of hydrogen-bond donors (Lipinski definition) is 1. The highest BCUT2D eigenvalue weighted by Gasteiger charge is 2.36. The Morgan fingerprint density at radius 2 is 2.23 bits per heavy atom. The van der Waals surface area contributed by atoms with Crippen LogP contribution in [0.15, 0.2) is 29.3 Å². The average molecular weight is 364 g/mol. The van der Waals surface area contributed by atoms with Gasteiger partial charge in [0.25, 0.3) is 0 Å². The van der Waals surface area contributed by atoms with Gasteiger partial charge in [-0.15, -0.1) is 0 Å². The van der Waals surface area contributed by atoms with Crippen molar-refractivity contribution in [2.75, 3.05) is 52.3 Å². The number of aliphatic imine (C=N–C) groups is 1. The SMILES string of the molecule is CN=C(NCCCN(C)c1cccc(F)c1)N1CC(C)C(C(=O)OC)C1. The molecule has 0 bridgehead atoms. The van der Waals surface area contributed by atoms with E-state index in [0.717, 1.165) is 37.7 Å². The van der Waals surface area contributed by atoms with Gasteiger partial charge in [0.1, 0.15) is 5.82 Å². The molecule has 1 aromatic rings. The van der Waals surface area contributed by atoms with Crippen molar-refractivity contribution in [1.29, 1.82) is 0 Å². The predicted molar refractivity (Wildman–Crippen MR) is 102 cm³/mol. The van der Waals surface area contributed by atoms with E-state index in [2.05, 4.69) is 22.1 Å². The van der Waals surface area contributed by atoms with Crippen molar-refractivity contribution < 1.29 is 13.9 Å². The number of carbonyl (C=O) groups is 1. The van der Waals surface area contributed by atoms with Gasteiger partial charge in [0, 0.05) is 46.0 Å². The van der Waals surface area contributed by atoms with Gasteiger partial charge in [-0.25, -0.2) is 4.39 Å². The van der Waals surface area contributed by atoms with Crippen molar-refractivity contribution in [2.24, 2.45) is 16.8 Å². The van der Waals surface area contributed by atoms with Crippen LogP contribution in [0.5, 0.6) is 0 Å². The Bertz CT molecular complexity index is 638. The molecular weight excluding hydrogens is 335 g/mol. The van der Waals surface area contributed by atoms with E-state index < -0.39 is 0 Å². The number of esters is 1. The number of ether oxygens (including phenoxy) is 1. The third-order valence-electron chi connectivity index (χ3n) is 4.83. The zero-order chi connectivity index (χ0) is 19.1. The van der Waals surface area contributed by atoms with Crippen molar-refractivity contribution in [3.8, 4) is 0 Å². The van der Waals surface area contributed by atoms with Crippen LogP contribution in [-0.4, -0.2) is 64.2 Å². The molecule has 0 aromatic heterocycles. The molecule has 0 radical (unpaired) electrons. The highest BCUT2D eigenvalue weighted by atomic mass is 19.1. The lowest BCUT2D eigenvalue weighted by Gasteiger charge is -2.23. The van der Waals surface area contributed by atoms with Crippen molar-refractivity contribution in [2.45, 2.75) is 13.3 Å². The van der Waals surface area contributed by atoms with Crippen LogP contribution < -0.4 is 10.2 Å². The van der Waals surface area contributed by atoms with Crippen LogP contribution in [0.1, 0.15) is 13.3 Å². The normalized spacial score (nSPS) is 20.2. The molecule has 1 N–H and O–H groups in total. The zero-order valence-electron chi connectivity index (χ0n) is 16.0. The van der Waals surface area contributed by atoms with Crippen molar-refractivity contribution >= 4 is 17.6 Å². The van der Waals surface area contributed by atoms with Crippen LogP contribution in [0.2, 0.25) is 0 Å². The number of nitrogens with zero attached hydrogens (tertiary/aromatic N) is 3. The van der Waals surface area contributed by atoms with E-state index in [4.69, 9.17) is 4.74 Å². The number of benzene rings is 1. The Morgan fingerprint density at radius 1 is 1.46 bits per heavy atom. The molecule has 7 heteroatoms. The minimum atomic E-state index is -0.226. The van der Waals surface area contributed by atoms with E-state index in [1.807, 2.05) is 18.0 Å². The Labute approximate surface area is 155 Å². The second kappa shape index (κ2) is 9.40. The number of nitrogens with one attached hydrogen (secondary N) is 1. The van der Waals surface area contributed by atoms with Gasteiger partial charge in [-0.2, -0.15) is 0 Å².